The SMILES string of the molecule is C=C(C)C(=O)N1OCC2CC3CCCC3CC21. The minimum absolute atomic E-state index is 0.0195. The standard InChI is InChI=1S/C14H21NO2/c1-9(2)14(16)15-13-7-11-5-3-4-10(11)6-12(13)8-17-15/h10-13H,1,3-8H2,2H3. The van der Waals surface area contributed by atoms with Crippen molar-refractivity contribution in [1.82, 2.24) is 5.06 Å². The van der Waals surface area contributed by atoms with E-state index < -0.39 is 0 Å². The molecule has 4 atom stereocenters. The normalized spacial score (nSPS) is 39.9. The number of fused-ring (bicyclic) bond motifs is 2. The first-order chi connectivity index (χ1) is 8.16. The van der Waals surface area contributed by atoms with Crippen LogP contribution in [0.15, 0.2) is 12.2 Å². The van der Waals surface area contributed by atoms with E-state index in [1.54, 1.807) is 12.0 Å². The molecule has 3 fully saturated rings. The van der Waals surface area contributed by atoms with Crippen molar-refractivity contribution in [1.29, 1.82) is 0 Å². The second-order valence-corrected chi connectivity index (χ2v) is 5.96. The smallest absolute Gasteiger partial charge is 0.270 e. The summed E-state index contributed by atoms with van der Waals surface area (Å²) in [7, 11) is 0. The van der Waals surface area contributed by atoms with Gasteiger partial charge in [0.05, 0.1) is 12.6 Å². The first-order valence-electron chi connectivity index (χ1n) is 6.79. The zero-order valence-corrected chi connectivity index (χ0v) is 10.5. The summed E-state index contributed by atoms with van der Waals surface area (Å²) in [6.07, 6.45) is 6.53. The molecule has 1 heterocycles. The minimum Gasteiger partial charge on any atom is -0.270 e. The van der Waals surface area contributed by atoms with Gasteiger partial charge in [-0.3, -0.25) is 9.63 Å². The molecule has 1 aliphatic heterocycles. The Morgan fingerprint density at radius 2 is 1.94 bits per heavy atom. The fourth-order valence-electron chi connectivity index (χ4n) is 3.92. The molecule has 4 unspecified atom stereocenters. The van der Waals surface area contributed by atoms with Gasteiger partial charge in [-0.2, -0.15) is 0 Å². The van der Waals surface area contributed by atoms with E-state index in [1.165, 1.54) is 25.7 Å². The van der Waals surface area contributed by atoms with Gasteiger partial charge in [0.25, 0.3) is 5.91 Å². The lowest BCUT2D eigenvalue weighted by molar-refractivity contribution is -0.173. The highest BCUT2D eigenvalue weighted by Gasteiger charge is 2.47. The molecule has 0 spiro atoms. The fourth-order valence-corrected chi connectivity index (χ4v) is 3.92. The highest BCUT2D eigenvalue weighted by molar-refractivity contribution is 5.91. The lowest BCUT2D eigenvalue weighted by atomic mass is 9.73. The van der Waals surface area contributed by atoms with Gasteiger partial charge in [-0.05, 0) is 31.6 Å². The van der Waals surface area contributed by atoms with Crippen LogP contribution in [0.4, 0.5) is 0 Å². The molecule has 1 amide bonds. The van der Waals surface area contributed by atoms with Gasteiger partial charge < -0.3 is 0 Å². The van der Waals surface area contributed by atoms with E-state index >= 15 is 0 Å². The number of nitrogens with zero attached hydrogens (tertiary/aromatic N) is 1. The highest BCUT2D eigenvalue weighted by Crippen LogP contribution is 2.47. The Labute approximate surface area is 103 Å². The average Bonchev–Trinajstić information content (AvgIpc) is 2.89. The molecule has 94 valence electrons. The van der Waals surface area contributed by atoms with Crippen LogP contribution in [-0.2, 0) is 9.63 Å². The molecule has 17 heavy (non-hydrogen) atoms. The van der Waals surface area contributed by atoms with E-state index in [0.29, 0.717) is 17.5 Å². The Hall–Kier alpha value is -0.830. The van der Waals surface area contributed by atoms with Gasteiger partial charge >= 0.3 is 0 Å². The maximum atomic E-state index is 12.0. The van der Waals surface area contributed by atoms with Crippen LogP contribution in [0, 0.1) is 17.8 Å². The van der Waals surface area contributed by atoms with Crippen LogP contribution in [-0.4, -0.2) is 23.6 Å². The number of hydroxylamine groups is 2. The Morgan fingerprint density at radius 1 is 1.24 bits per heavy atom. The van der Waals surface area contributed by atoms with Crippen molar-refractivity contribution >= 4 is 5.91 Å². The number of hydrogen-bond acceptors (Lipinski definition) is 2. The lowest BCUT2D eigenvalue weighted by Crippen LogP contribution is -2.42. The number of rotatable bonds is 1. The molecule has 0 aromatic heterocycles. The summed E-state index contributed by atoms with van der Waals surface area (Å²) < 4.78 is 0. The minimum atomic E-state index is -0.0195. The van der Waals surface area contributed by atoms with E-state index in [-0.39, 0.29) is 5.91 Å². The molecule has 0 N–H and O–H groups in total. The predicted molar refractivity (Wildman–Crippen MR) is 65.0 cm³/mol. The van der Waals surface area contributed by atoms with E-state index in [2.05, 4.69) is 6.58 Å². The summed E-state index contributed by atoms with van der Waals surface area (Å²) in [5.41, 5.74) is 0.583. The number of carbonyl (C=O) groups excluding carboxylic acids is 1. The van der Waals surface area contributed by atoms with Crippen molar-refractivity contribution in [3.05, 3.63) is 12.2 Å². The summed E-state index contributed by atoms with van der Waals surface area (Å²) >= 11 is 0. The van der Waals surface area contributed by atoms with Crippen LogP contribution < -0.4 is 0 Å². The summed E-state index contributed by atoms with van der Waals surface area (Å²) in [6, 6.07) is 0.318. The maximum Gasteiger partial charge on any atom is 0.272 e. The van der Waals surface area contributed by atoms with Crippen LogP contribution in [0.3, 0.4) is 0 Å². The van der Waals surface area contributed by atoms with E-state index in [4.69, 9.17) is 4.84 Å². The zero-order valence-electron chi connectivity index (χ0n) is 10.5. The molecular weight excluding hydrogens is 214 g/mol. The number of amides is 1. The molecule has 0 radical (unpaired) electrons. The van der Waals surface area contributed by atoms with Gasteiger partial charge in [-0.15, -0.1) is 0 Å². The van der Waals surface area contributed by atoms with Crippen molar-refractivity contribution in [2.75, 3.05) is 6.61 Å². The van der Waals surface area contributed by atoms with Crippen molar-refractivity contribution in [2.24, 2.45) is 17.8 Å². The second kappa shape index (κ2) is 4.13. The molecule has 0 bridgehead atoms. The Kier molecular flexibility index (Phi) is 2.74. The molecule has 2 saturated carbocycles. The predicted octanol–water partition coefficient (Wildman–Crippen LogP) is 2.53. The van der Waals surface area contributed by atoms with Crippen LogP contribution in [0.2, 0.25) is 0 Å². The molecule has 0 aromatic rings. The summed E-state index contributed by atoms with van der Waals surface area (Å²) in [4.78, 5) is 17.6. The molecule has 1 saturated heterocycles. The third-order valence-electron chi connectivity index (χ3n) is 4.80. The molecule has 3 rings (SSSR count). The third-order valence-corrected chi connectivity index (χ3v) is 4.80. The van der Waals surface area contributed by atoms with E-state index in [9.17, 15) is 4.79 Å². The van der Waals surface area contributed by atoms with Crippen molar-refractivity contribution < 1.29 is 9.63 Å². The van der Waals surface area contributed by atoms with Crippen molar-refractivity contribution in [2.45, 2.75) is 45.1 Å². The zero-order chi connectivity index (χ0) is 12.0. The summed E-state index contributed by atoms with van der Waals surface area (Å²) in [5, 5.41) is 1.63. The van der Waals surface area contributed by atoms with Crippen LogP contribution in [0.5, 0.6) is 0 Å². The number of hydrogen-bond donors (Lipinski definition) is 0. The molecular formula is C14H21NO2. The molecule has 0 aromatic carbocycles. The van der Waals surface area contributed by atoms with Gasteiger partial charge in [0.1, 0.15) is 0 Å². The maximum absolute atomic E-state index is 12.0. The van der Waals surface area contributed by atoms with Gasteiger partial charge in [0.15, 0.2) is 0 Å². The average molecular weight is 235 g/mol. The molecule has 2 aliphatic carbocycles. The Bertz CT molecular complexity index is 352. The van der Waals surface area contributed by atoms with Crippen molar-refractivity contribution in [3.8, 4) is 0 Å². The van der Waals surface area contributed by atoms with Gasteiger partial charge in [0, 0.05) is 11.5 Å². The Morgan fingerprint density at radius 3 is 2.65 bits per heavy atom. The highest BCUT2D eigenvalue weighted by atomic mass is 16.7. The topological polar surface area (TPSA) is 29.5 Å². The van der Waals surface area contributed by atoms with E-state index in [0.717, 1.165) is 24.9 Å². The van der Waals surface area contributed by atoms with Crippen molar-refractivity contribution in [3.63, 3.8) is 0 Å². The first kappa shape index (κ1) is 11.3. The largest absolute Gasteiger partial charge is 0.272 e. The van der Waals surface area contributed by atoms with E-state index in [1.807, 2.05) is 0 Å². The summed E-state index contributed by atoms with van der Waals surface area (Å²) in [5.74, 6) is 2.28. The third kappa shape index (κ3) is 1.81. The van der Waals surface area contributed by atoms with Crippen LogP contribution >= 0.6 is 0 Å². The molecule has 3 aliphatic rings. The van der Waals surface area contributed by atoms with Gasteiger partial charge in [0.2, 0.25) is 0 Å². The second-order valence-electron chi connectivity index (χ2n) is 5.96. The monoisotopic (exact) mass is 235 g/mol. The Balaban J connectivity index is 1.75. The van der Waals surface area contributed by atoms with Gasteiger partial charge in [-0.25, -0.2) is 5.06 Å². The summed E-state index contributed by atoms with van der Waals surface area (Å²) in [6.45, 7) is 6.23. The number of carbonyl (C=O) groups is 1. The molecule has 3 heteroatoms. The fraction of sp³-hybridized carbons (Fsp3) is 0.786. The quantitative estimate of drug-likeness (QED) is 0.654. The van der Waals surface area contributed by atoms with Gasteiger partial charge in [-0.1, -0.05) is 25.8 Å². The lowest BCUT2D eigenvalue weighted by Gasteiger charge is -2.36. The van der Waals surface area contributed by atoms with Crippen LogP contribution in [0.1, 0.15) is 39.0 Å². The molecule has 3 nitrogen and oxygen atoms in total. The first-order valence-corrected chi connectivity index (χ1v) is 6.79. The van der Waals surface area contributed by atoms with Crippen LogP contribution in [0.25, 0.3) is 0 Å².